The van der Waals surface area contributed by atoms with Gasteiger partial charge in [-0.2, -0.15) is 0 Å². The molecule has 0 bridgehead atoms. The van der Waals surface area contributed by atoms with Crippen LogP contribution in [0.4, 0.5) is 0 Å². The lowest BCUT2D eigenvalue weighted by Gasteiger charge is -2.62. The normalized spacial score (nSPS) is 44.8. The quantitative estimate of drug-likeness (QED) is 0.227. The Morgan fingerprint density at radius 3 is 1.81 bits per heavy atom. The molecule has 14 unspecified atom stereocenters. The highest BCUT2D eigenvalue weighted by molar-refractivity contribution is 5.50. The molecule has 352 valence electrons. The standard InChI is InChI=1S/2C30H50O/c2*1-20(2)10-9-11-21(3)22-14-18-30(8)24-12-13-25-27(4,5)26(31)16-17-28(25,6)23(24)15-19-29(22,30)7/h12,15,20-22,25-26,31H,9-11,13-14,16-19H2,1-8H3;10,21-22,25-26,31H,9,11-19H2,1-8H3. The van der Waals surface area contributed by atoms with E-state index in [-0.39, 0.29) is 28.5 Å². The second-order valence-corrected chi connectivity index (χ2v) is 27.3. The van der Waals surface area contributed by atoms with E-state index in [0.29, 0.717) is 38.9 Å². The maximum atomic E-state index is 10.8. The zero-order chi connectivity index (χ0) is 45.6. The molecule has 62 heavy (non-hydrogen) atoms. The zero-order valence-electron chi connectivity index (χ0n) is 43.8. The Morgan fingerprint density at radius 2 is 1.18 bits per heavy atom. The number of rotatable bonds is 9. The molecular formula is C60H100O2. The average molecular weight is 853 g/mol. The lowest BCUT2D eigenvalue weighted by molar-refractivity contribution is -0.0962. The van der Waals surface area contributed by atoms with Crippen LogP contribution in [0.25, 0.3) is 0 Å². The number of aliphatic hydroxyl groups is 2. The average Bonchev–Trinajstić information content (AvgIpc) is 3.64. The van der Waals surface area contributed by atoms with E-state index < -0.39 is 0 Å². The van der Waals surface area contributed by atoms with Gasteiger partial charge in [0.1, 0.15) is 0 Å². The number of hydrogen-bond donors (Lipinski definition) is 2. The molecule has 0 spiro atoms. The predicted molar refractivity (Wildman–Crippen MR) is 266 cm³/mol. The van der Waals surface area contributed by atoms with Crippen LogP contribution in [0.1, 0.15) is 233 Å². The Hall–Kier alpha value is -1.12. The summed E-state index contributed by atoms with van der Waals surface area (Å²) in [6.07, 6.45) is 31.8. The van der Waals surface area contributed by atoms with Crippen molar-refractivity contribution in [2.24, 2.45) is 84.7 Å². The summed E-state index contributed by atoms with van der Waals surface area (Å²) in [5.41, 5.74) is 10.8. The van der Waals surface area contributed by atoms with Crippen LogP contribution in [0.2, 0.25) is 0 Å². The summed E-state index contributed by atoms with van der Waals surface area (Å²) in [7, 11) is 0. The third-order valence-corrected chi connectivity index (χ3v) is 23.1. The second-order valence-electron chi connectivity index (χ2n) is 27.3. The predicted octanol–water partition coefficient (Wildman–Crippen LogP) is 16.8. The maximum absolute atomic E-state index is 10.8. The van der Waals surface area contributed by atoms with Crippen molar-refractivity contribution in [3.8, 4) is 0 Å². The van der Waals surface area contributed by atoms with E-state index in [4.69, 9.17) is 0 Å². The minimum atomic E-state index is -0.159. The fraction of sp³-hybridized carbons (Fsp3) is 0.867. The van der Waals surface area contributed by atoms with Crippen LogP contribution < -0.4 is 0 Å². The number of fused-ring (bicyclic) bond motifs is 9. The highest BCUT2D eigenvalue weighted by Crippen LogP contribution is 2.74. The minimum Gasteiger partial charge on any atom is -0.393 e. The van der Waals surface area contributed by atoms with Crippen molar-refractivity contribution in [1.29, 1.82) is 0 Å². The Bertz CT molecular complexity index is 1780. The number of aliphatic hydroxyl groups excluding tert-OH is 2. The first-order chi connectivity index (χ1) is 28.8. The molecule has 0 aromatic heterocycles. The summed E-state index contributed by atoms with van der Waals surface area (Å²) in [6.45, 7) is 39.3. The smallest absolute Gasteiger partial charge is 0.0594 e. The van der Waals surface area contributed by atoms with Crippen molar-refractivity contribution in [3.63, 3.8) is 0 Å². The van der Waals surface area contributed by atoms with Crippen molar-refractivity contribution in [2.75, 3.05) is 0 Å². The topological polar surface area (TPSA) is 40.5 Å². The fourth-order valence-corrected chi connectivity index (χ4v) is 18.5. The summed E-state index contributed by atoms with van der Waals surface area (Å²) < 4.78 is 0. The summed E-state index contributed by atoms with van der Waals surface area (Å²) in [5, 5.41) is 21.6. The molecule has 4 fully saturated rings. The Labute approximate surface area is 384 Å². The highest BCUT2D eigenvalue weighted by Gasteiger charge is 2.65. The van der Waals surface area contributed by atoms with Gasteiger partial charge in [-0.1, -0.05) is 151 Å². The molecule has 2 heteroatoms. The zero-order valence-corrected chi connectivity index (χ0v) is 43.8. The van der Waals surface area contributed by atoms with Gasteiger partial charge in [0.15, 0.2) is 0 Å². The van der Waals surface area contributed by atoms with E-state index >= 15 is 0 Å². The van der Waals surface area contributed by atoms with E-state index in [0.717, 1.165) is 55.3 Å². The van der Waals surface area contributed by atoms with E-state index in [1.54, 1.807) is 11.1 Å². The molecule has 0 aliphatic heterocycles. The third kappa shape index (κ3) is 7.44. The van der Waals surface area contributed by atoms with Gasteiger partial charge in [-0.3, -0.25) is 0 Å². The SMILES string of the molecule is CC(C)=CCCC(C)C1CCC2(C)C3=C(CCC12C)C1(C)CCC(O)C(C)(C)C1CC3.CC(C)CCCC(C)C1CCC2(C)C3=CCC4C(C)(CCC(O)C4(C)C)C3=CCC12C. The van der Waals surface area contributed by atoms with Crippen LogP contribution in [-0.4, -0.2) is 22.4 Å². The van der Waals surface area contributed by atoms with Crippen LogP contribution in [0.3, 0.4) is 0 Å². The van der Waals surface area contributed by atoms with Crippen LogP contribution in [0.15, 0.2) is 46.1 Å². The third-order valence-electron chi connectivity index (χ3n) is 23.1. The fourth-order valence-electron chi connectivity index (χ4n) is 18.5. The lowest BCUT2D eigenvalue weighted by Crippen LogP contribution is -2.55. The van der Waals surface area contributed by atoms with Gasteiger partial charge in [0.05, 0.1) is 12.2 Å². The van der Waals surface area contributed by atoms with Crippen molar-refractivity contribution < 1.29 is 10.2 Å². The largest absolute Gasteiger partial charge is 0.393 e. The molecule has 0 aromatic carbocycles. The molecule has 0 saturated heterocycles. The molecule has 0 heterocycles. The van der Waals surface area contributed by atoms with E-state index in [2.05, 4.69) is 129 Å². The minimum absolute atomic E-state index is 0.000660. The highest BCUT2D eigenvalue weighted by atomic mass is 16.3. The van der Waals surface area contributed by atoms with E-state index in [9.17, 15) is 10.2 Å². The van der Waals surface area contributed by atoms with Gasteiger partial charge in [0, 0.05) is 0 Å². The molecule has 2 N–H and O–H groups in total. The lowest BCUT2D eigenvalue weighted by atomic mass is 9.43. The van der Waals surface area contributed by atoms with Crippen molar-refractivity contribution in [2.45, 2.75) is 245 Å². The Morgan fingerprint density at radius 1 is 0.597 bits per heavy atom. The summed E-state index contributed by atoms with van der Waals surface area (Å²) in [6, 6.07) is 0. The monoisotopic (exact) mass is 853 g/mol. The van der Waals surface area contributed by atoms with Gasteiger partial charge < -0.3 is 10.2 Å². The molecule has 14 atom stereocenters. The molecule has 0 radical (unpaired) electrons. The first-order valence-electron chi connectivity index (χ1n) is 26.9. The molecule has 8 aliphatic carbocycles. The van der Waals surface area contributed by atoms with Gasteiger partial charge >= 0.3 is 0 Å². The first-order valence-corrected chi connectivity index (χ1v) is 26.9. The summed E-state index contributed by atoms with van der Waals surface area (Å²) >= 11 is 0. The van der Waals surface area contributed by atoms with Gasteiger partial charge in [0.25, 0.3) is 0 Å². The molecule has 2 nitrogen and oxygen atoms in total. The van der Waals surface area contributed by atoms with Gasteiger partial charge in [0.2, 0.25) is 0 Å². The molecule has 4 saturated carbocycles. The van der Waals surface area contributed by atoms with Gasteiger partial charge in [-0.25, -0.2) is 0 Å². The first kappa shape index (κ1) is 48.8. The van der Waals surface area contributed by atoms with Crippen molar-refractivity contribution in [1.82, 2.24) is 0 Å². The number of allylic oxidation sites excluding steroid dienone is 8. The molecule has 8 aliphatic rings. The van der Waals surface area contributed by atoms with Crippen LogP contribution in [-0.2, 0) is 0 Å². The van der Waals surface area contributed by atoms with Gasteiger partial charge in [-0.15, -0.1) is 0 Å². The van der Waals surface area contributed by atoms with Crippen LogP contribution >= 0.6 is 0 Å². The second kappa shape index (κ2) is 16.9. The number of hydrogen-bond acceptors (Lipinski definition) is 2. The summed E-state index contributed by atoms with van der Waals surface area (Å²) in [5.74, 6) is 5.38. The maximum Gasteiger partial charge on any atom is 0.0594 e. The van der Waals surface area contributed by atoms with Crippen molar-refractivity contribution >= 4 is 0 Å². The van der Waals surface area contributed by atoms with Crippen LogP contribution in [0.5, 0.6) is 0 Å². The summed E-state index contributed by atoms with van der Waals surface area (Å²) in [4.78, 5) is 0. The molecule has 0 amide bonds. The Balaban J connectivity index is 0.000000186. The van der Waals surface area contributed by atoms with Gasteiger partial charge in [-0.05, 0) is 212 Å². The van der Waals surface area contributed by atoms with E-state index in [1.165, 1.54) is 102 Å². The molecular weight excluding hydrogens is 753 g/mol. The molecule has 8 rings (SSSR count). The van der Waals surface area contributed by atoms with Crippen molar-refractivity contribution in [3.05, 3.63) is 46.1 Å². The molecule has 0 aromatic rings. The Kier molecular flexibility index (Phi) is 13.3. The van der Waals surface area contributed by atoms with E-state index in [1.807, 2.05) is 11.1 Å². The van der Waals surface area contributed by atoms with Crippen LogP contribution in [0, 0.1) is 84.7 Å².